The van der Waals surface area contributed by atoms with Crippen molar-refractivity contribution >= 4 is 0 Å². The second-order valence-electron chi connectivity index (χ2n) is 4.53. The zero-order valence-electron chi connectivity index (χ0n) is 11.0. The lowest BCUT2D eigenvalue weighted by molar-refractivity contribution is 0.178. The lowest BCUT2D eigenvalue weighted by Gasteiger charge is -2.19. The van der Waals surface area contributed by atoms with Crippen molar-refractivity contribution in [2.75, 3.05) is 0 Å². The number of halogens is 1. The van der Waals surface area contributed by atoms with Crippen LogP contribution in [0.25, 0.3) is 0 Å². The van der Waals surface area contributed by atoms with E-state index < -0.39 is 6.10 Å². The summed E-state index contributed by atoms with van der Waals surface area (Å²) < 4.78 is 19.0. The van der Waals surface area contributed by atoms with Crippen LogP contribution in [-0.4, -0.2) is 5.11 Å². The summed E-state index contributed by atoms with van der Waals surface area (Å²) in [7, 11) is 0. The van der Waals surface area contributed by atoms with Crippen LogP contribution in [0.4, 0.5) is 4.39 Å². The van der Waals surface area contributed by atoms with Crippen molar-refractivity contribution in [2.45, 2.75) is 26.1 Å². The van der Waals surface area contributed by atoms with Crippen molar-refractivity contribution in [3.05, 3.63) is 65.5 Å². The van der Waals surface area contributed by atoms with Crippen molar-refractivity contribution in [1.82, 2.24) is 0 Å². The van der Waals surface area contributed by atoms with Gasteiger partial charge in [0.1, 0.15) is 17.7 Å². The quantitative estimate of drug-likeness (QED) is 0.899. The molecule has 0 saturated carbocycles. The first-order valence-corrected chi connectivity index (χ1v) is 6.27. The second-order valence-corrected chi connectivity index (χ2v) is 4.53. The number of aliphatic hydroxyl groups excluding tert-OH is 1. The van der Waals surface area contributed by atoms with E-state index >= 15 is 0 Å². The lowest BCUT2D eigenvalue weighted by Crippen LogP contribution is -2.06. The molecule has 1 N–H and O–H groups in total. The third kappa shape index (κ3) is 3.32. The van der Waals surface area contributed by atoms with E-state index in [4.69, 9.17) is 4.74 Å². The normalized spacial score (nSPS) is 13.9. The predicted molar refractivity (Wildman–Crippen MR) is 72.5 cm³/mol. The highest BCUT2D eigenvalue weighted by molar-refractivity contribution is 5.36. The summed E-state index contributed by atoms with van der Waals surface area (Å²) in [4.78, 5) is 0. The Morgan fingerprint density at radius 3 is 2.37 bits per heavy atom. The highest BCUT2D eigenvalue weighted by atomic mass is 19.1. The summed E-state index contributed by atoms with van der Waals surface area (Å²) >= 11 is 0. The number of hydrogen-bond donors (Lipinski definition) is 1. The Bertz CT molecular complexity index is 538. The van der Waals surface area contributed by atoms with Crippen LogP contribution < -0.4 is 4.74 Å². The first-order valence-electron chi connectivity index (χ1n) is 6.27. The molecule has 2 aromatic rings. The molecule has 2 atom stereocenters. The van der Waals surface area contributed by atoms with Crippen molar-refractivity contribution in [3.8, 4) is 5.75 Å². The van der Waals surface area contributed by atoms with Gasteiger partial charge in [-0.3, -0.25) is 0 Å². The maximum absolute atomic E-state index is 13.2. The Morgan fingerprint density at radius 1 is 1.05 bits per heavy atom. The van der Waals surface area contributed by atoms with Crippen LogP contribution in [-0.2, 0) is 0 Å². The summed E-state index contributed by atoms with van der Waals surface area (Å²) in [5, 5.41) is 9.67. The summed E-state index contributed by atoms with van der Waals surface area (Å²) in [5.74, 6) is 0.128. The Morgan fingerprint density at radius 2 is 1.74 bits per heavy atom. The van der Waals surface area contributed by atoms with E-state index in [1.807, 2.05) is 37.3 Å². The van der Waals surface area contributed by atoms with Gasteiger partial charge < -0.3 is 9.84 Å². The lowest BCUT2D eigenvalue weighted by atomic mass is 10.1. The fraction of sp³-hybridized carbons (Fsp3) is 0.250. The fourth-order valence-corrected chi connectivity index (χ4v) is 1.94. The van der Waals surface area contributed by atoms with Gasteiger partial charge in [-0.15, -0.1) is 0 Å². The molecule has 0 aliphatic rings. The monoisotopic (exact) mass is 260 g/mol. The number of ether oxygens (including phenoxy) is 1. The largest absolute Gasteiger partial charge is 0.486 e. The van der Waals surface area contributed by atoms with Gasteiger partial charge in [-0.25, -0.2) is 4.39 Å². The molecule has 19 heavy (non-hydrogen) atoms. The number of rotatable bonds is 4. The van der Waals surface area contributed by atoms with Crippen LogP contribution in [0.1, 0.15) is 37.2 Å². The molecule has 0 bridgehead atoms. The first kappa shape index (κ1) is 13.6. The third-order valence-corrected chi connectivity index (χ3v) is 2.99. The Kier molecular flexibility index (Phi) is 4.17. The SMILES string of the molecule is CC(Oc1ccc(F)cc1[C@H](C)O)c1ccccc1. The van der Waals surface area contributed by atoms with Crippen molar-refractivity contribution in [2.24, 2.45) is 0 Å². The van der Waals surface area contributed by atoms with Crippen LogP contribution in [0, 0.1) is 5.82 Å². The van der Waals surface area contributed by atoms with Crippen molar-refractivity contribution in [1.29, 1.82) is 0 Å². The minimum absolute atomic E-state index is 0.163. The molecule has 0 fully saturated rings. The van der Waals surface area contributed by atoms with Gasteiger partial charge in [0.25, 0.3) is 0 Å². The van der Waals surface area contributed by atoms with Crippen molar-refractivity contribution < 1.29 is 14.2 Å². The number of benzene rings is 2. The minimum atomic E-state index is -0.770. The van der Waals surface area contributed by atoms with Crippen LogP contribution >= 0.6 is 0 Å². The van der Waals surface area contributed by atoms with E-state index in [-0.39, 0.29) is 11.9 Å². The molecule has 0 aliphatic heterocycles. The Labute approximate surface area is 112 Å². The van der Waals surface area contributed by atoms with E-state index in [1.54, 1.807) is 13.0 Å². The van der Waals surface area contributed by atoms with E-state index in [1.165, 1.54) is 12.1 Å². The van der Waals surface area contributed by atoms with Gasteiger partial charge in [0.05, 0.1) is 6.10 Å². The molecule has 0 saturated heterocycles. The second kappa shape index (κ2) is 5.85. The molecule has 1 unspecified atom stereocenters. The molecular weight excluding hydrogens is 243 g/mol. The molecule has 0 heterocycles. The summed E-state index contributed by atoms with van der Waals surface area (Å²) in [6.07, 6.45) is -0.933. The Hall–Kier alpha value is -1.87. The van der Waals surface area contributed by atoms with Crippen LogP contribution in [0.3, 0.4) is 0 Å². The Balaban J connectivity index is 2.24. The van der Waals surface area contributed by atoms with E-state index in [0.717, 1.165) is 5.56 Å². The highest BCUT2D eigenvalue weighted by Gasteiger charge is 2.14. The third-order valence-electron chi connectivity index (χ3n) is 2.99. The number of aliphatic hydroxyl groups is 1. The van der Waals surface area contributed by atoms with Gasteiger partial charge in [-0.05, 0) is 37.6 Å². The highest BCUT2D eigenvalue weighted by Crippen LogP contribution is 2.30. The molecule has 0 radical (unpaired) electrons. The average Bonchev–Trinajstić information content (AvgIpc) is 2.41. The molecule has 0 amide bonds. The maximum Gasteiger partial charge on any atom is 0.126 e. The smallest absolute Gasteiger partial charge is 0.126 e. The van der Waals surface area contributed by atoms with E-state index in [0.29, 0.717) is 11.3 Å². The zero-order chi connectivity index (χ0) is 13.8. The summed E-state index contributed by atoms with van der Waals surface area (Å²) in [6.45, 7) is 3.51. The molecule has 2 aromatic carbocycles. The van der Waals surface area contributed by atoms with Crippen LogP contribution in [0.2, 0.25) is 0 Å². The molecule has 0 spiro atoms. The zero-order valence-corrected chi connectivity index (χ0v) is 11.0. The molecule has 2 rings (SSSR count). The fourth-order valence-electron chi connectivity index (χ4n) is 1.94. The molecule has 3 heteroatoms. The van der Waals surface area contributed by atoms with Crippen LogP contribution in [0.5, 0.6) is 5.75 Å². The summed E-state index contributed by atoms with van der Waals surface area (Å²) in [6, 6.07) is 13.9. The standard InChI is InChI=1S/C16H17FO2/c1-11(18)15-10-14(17)8-9-16(15)19-12(2)13-6-4-3-5-7-13/h3-12,18H,1-2H3/t11-,12?/m0/s1. The van der Waals surface area contributed by atoms with Crippen molar-refractivity contribution in [3.63, 3.8) is 0 Å². The van der Waals surface area contributed by atoms with Crippen LogP contribution in [0.15, 0.2) is 48.5 Å². The minimum Gasteiger partial charge on any atom is -0.486 e. The van der Waals surface area contributed by atoms with Gasteiger partial charge in [0.2, 0.25) is 0 Å². The van der Waals surface area contributed by atoms with E-state index in [9.17, 15) is 9.50 Å². The molecule has 100 valence electrons. The van der Waals surface area contributed by atoms with Gasteiger partial charge in [0, 0.05) is 5.56 Å². The van der Waals surface area contributed by atoms with E-state index in [2.05, 4.69) is 0 Å². The summed E-state index contributed by atoms with van der Waals surface area (Å²) in [5.41, 5.74) is 1.49. The molecule has 0 aromatic heterocycles. The van der Waals surface area contributed by atoms with Gasteiger partial charge in [-0.1, -0.05) is 30.3 Å². The maximum atomic E-state index is 13.2. The molecular formula is C16H17FO2. The first-order chi connectivity index (χ1) is 9.08. The van der Waals surface area contributed by atoms with Gasteiger partial charge >= 0.3 is 0 Å². The molecule has 2 nitrogen and oxygen atoms in total. The predicted octanol–water partition coefficient (Wildman–Crippen LogP) is 4.02. The number of hydrogen-bond acceptors (Lipinski definition) is 2. The average molecular weight is 260 g/mol. The molecule has 0 aliphatic carbocycles. The van der Waals surface area contributed by atoms with Gasteiger partial charge in [-0.2, -0.15) is 0 Å². The van der Waals surface area contributed by atoms with Gasteiger partial charge in [0.15, 0.2) is 0 Å². The topological polar surface area (TPSA) is 29.5 Å².